The van der Waals surface area contributed by atoms with E-state index in [1.807, 2.05) is 18.2 Å². The van der Waals surface area contributed by atoms with Crippen LogP contribution in [0.1, 0.15) is 11.1 Å². The van der Waals surface area contributed by atoms with Gasteiger partial charge in [-0.2, -0.15) is 13.2 Å². The van der Waals surface area contributed by atoms with Gasteiger partial charge < -0.3 is 5.32 Å². The quantitative estimate of drug-likeness (QED) is 0.401. The first-order valence-electron chi connectivity index (χ1n) is 8.87. The second-order valence-electron chi connectivity index (χ2n) is 6.54. The molecule has 0 saturated heterocycles. The summed E-state index contributed by atoms with van der Waals surface area (Å²) in [4.78, 5) is 3.91. The van der Waals surface area contributed by atoms with Gasteiger partial charge in [0.05, 0.1) is 11.1 Å². The molecular formula is C23H15F4N2. The van der Waals surface area contributed by atoms with Crippen LogP contribution in [0.5, 0.6) is 0 Å². The van der Waals surface area contributed by atoms with Crippen LogP contribution >= 0.6 is 0 Å². The van der Waals surface area contributed by atoms with Gasteiger partial charge in [0.1, 0.15) is 5.82 Å². The zero-order chi connectivity index (χ0) is 20.4. The number of hydrogen-bond donors (Lipinski definition) is 1. The lowest BCUT2D eigenvalue weighted by Crippen LogP contribution is -2.06. The van der Waals surface area contributed by atoms with Gasteiger partial charge in [0.2, 0.25) is 0 Å². The number of nitrogens with one attached hydrogen (secondary N) is 1. The van der Waals surface area contributed by atoms with Crippen LogP contribution in [-0.4, -0.2) is 4.98 Å². The molecular weight excluding hydrogens is 380 g/mol. The van der Waals surface area contributed by atoms with E-state index >= 15 is 0 Å². The number of para-hydroxylation sites is 1. The second kappa shape index (κ2) is 7.54. The Morgan fingerprint density at radius 1 is 0.931 bits per heavy atom. The molecule has 0 saturated carbocycles. The van der Waals surface area contributed by atoms with Crippen molar-refractivity contribution in [2.75, 3.05) is 5.32 Å². The van der Waals surface area contributed by atoms with Crippen molar-refractivity contribution in [3.05, 3.63) is 95.9 Å². The number of halogens is 4. The van der Waals surface area contributed by atoms with Crippen molar-refractivity contribution >= 4 is 16.6 Å². The molecule has 0 aliphatic heterocycles. The molecule has 3 aromatic carbocycles. The molecule has 0 atom stereocenters. The Bertz CT molecular complexity index is 1170. The van der Waals surface area contributed by atoms with Gasteiger partial charge in [-0.15, -0.1) is 0 Å². The number of aromatic nitrogens is 1. The van der Waals surface area contributed by atoms with Crippen molar-refractivity contribution in [1.82, 2.24) is 4.98 Å². The lowest BCUT2D eigenvalue weighted by Gasteiger charge is -2.13. The number of hydrogen-bond acceptors (Lipinski definition) is 2. The summed E-state index contributed by atoms with van der Waals surface area (Å²) in [5.41, 5.74) is 1.91. The minimum absolute atomic E-state index is 0.105. The fraction of sp³-hybridized carbons (Fsp3) is 0.0870. The highest BCUT2D eigenvalue weighted by atomic mass is 19.4. The van der Waals surface area contributed by atoms with Crippen LogP contribution in [0.2, 0.25) is 0 Å². The predicted molar refractivity (Wildman–Crippen MR) is 105 cm³/mol. The molecule has 0 bridgehead atoms. The van der Waals surface area contributed by atoms with Gasteiger partial charge >= 0.3 is 6.18 Å². The van der Waals surface area contributed by atoms with Crippen molar-refractivity contribution < 1.29 is 17.6 Å². The van der Waals surface area contributed by atoms with Gasteiger partial charge in [0, 0.05) is 35.4 Å². The summed E-state index contributed by atoms with van der Waals surface area (Å²) in [6.45, 7) is 0.417. The summed E-state index contributed by atoms with van der Waals surface area (Å²) in [7, 11) is 0. The maximum Gasteiger partial charge on any atom is 0.418 e. The molecule has 4 rings (SSSR count). The van der Waals surface area contributed by atoms with E-state index in [1.54, 1.807) is 24.3 Å². The molecule has 1 aromatic heterocycles. The fourth-order valence-electron chi connectivity index (χ4n) is 3.23. The zero-order valence-electron chi connectivity index (χ0n) is 15.1. The Morgan fingerprint density at radius 3 is 2.52 bits per heavy atom. The van der Waals surface area contributed by atoms with Gasteiger partial charge in [-0.1, -0.05) is 36.4 Å². The maximum atomic E-state index is 13.3. The molecule has 0 fully saturated rings. The summed E-state index contributed by atoms with van der Waals surface area (Å²) in [5, 5.41) is 3.59. The highest BCUT2D eigenvalue weighted by Gasteiger charge is 2.33. The molecule has 0 aliphatic carbocycles. The number of nitrogens with zero attached hydrogens (tertiary/aromatic N) is 1. The molecule has 1 heterocycles. The lowest BCUT2D eigenvalue weighted by atomic mass is 9.99. The molecule has 0 unspecified atom stereocenters. The van der Waals surface area contributed by atoms with E-state index in [-0.39, 0.29) is 11.3 Å². The number of alkyl halides is 3. The van der Waals surface area contributed by atoms with Crippen LogP contribution in [0.3, 0.4) is 0 Å². The highest BCUT2D eigenvalue weighted by Crippen LogP contribution is 2.37. The van der Waals surface area contributed by atoms with Crippen molar-refractivity contribution in [2.45, 2.75) is 12.7 Å². The average molecular weight is 395 g/mol. The van der Waals surface area contributed by atoms with E-state index in [0.29, 0.717) is 23.1 Å². The van der Waals surface area contributed by atoms with Crippen LogP contribution < -0.4 is 5.32 Å². The standard InChI is InChI=1S/C23H15F4N2/c24-17-6-1-4-15(12-17)14-29-18-7-2-5-16(13-18)19-10-11-28-22-20(19)8-3-9-21(22)23(25,26)27/h1-9,11-13,29H,14H2. The van der Waals surface area contributed by atoms with Crippen molar-refractivity contribution in [3.8, 4) is 11.1 Å². The van der Waals surface area contributed by atoms with Crippen molar-refractivity contribution in [1.29, 1.82) is 0 Å². The number of pyridine rings is 1. The largest absolute Gasteiger partial charge is 0.418 e. The summed E-state index contributed by atoms with van der Waals surface area (Å²) in [6.07, 6.45) is -3.22. The summed E-state index contributed by atoms with van der Waals surface area (Å²) < 4.78 is 53.3. The summed E-state index contributed by atoms with van der Waals surface area (Å²) in [6, 6.07) is 20.5. The Kier molecular flexibility index (Phi) is 4.92. The Balaban J connectivity index is 1.69. The molecule has 6 heteroatoms. The number of benzene rings is 3. The van der Waals surface area contributed by atoms with E-state index in [0.717, 1.165) is 17.3 Å². The number of fused-ring (bicyclic) bond motifs is 1. The molecule has 1 N–H and O–H groups in total. The Hall–Kier alpha value is -3.41. The zero-order valence-corrected chi connectivity index (χ0v) is 15.1. The average Bonchev–Trinajstić information content (AvgIpc) is 2.71. The van der Waals surface area contributed by atoms with Gasteiger partial charge in [-0.05, 0) is 41.5 Å². The Morgan fingerprint density at radius 2 is 1.72 bits per heavy atom. The first kappa shape index (κ1) is 18.9. The smallest absolute Gasteiger partial charge is 0.381 e. The van der Waals surface area contributed by atoms with E-state index in [1.165, 1.54) is 24.4 Å². The summed E-state index contributed by atoms with van der Waals surface area (Å²) in [5.74, 6) is -0.309. The minimum Gasteiger partial charge on any atom is -0.381 e. The van der Waals surface area contributed by atoms with Crippen LogP contribution in [-0.2, 0) is 12.7 Å². The van der Waals surface area contributed by atoms with Crippen LogP contribution in [0.25, 0.3) is 22.0 Å². The van der Waals surface area contributed by atoms with E-state index in [4.69, 9.17) is 0 Å². The van der Waals surface area contributed by atoms with Gasteiger partial charge in [0.15, 0.2) is 0 Å². The molecule has 0 amide bonds. The normalized spacial score (nSPS) is 11.6. The van der Waals surface area contributed by atoms with E-state index < -0.39 is 11.7 Å². The third-order valence-electron chi connectivity index (χ3n) is 4.55. The fourth-order valence-corrected chi connectivity index (χ4v) is 3.23. The third kappa shape index (κ3) is 4.06. The molecule has 0 aliphatic rings. The minimum atomic E-state index is -4.49. The van der Waals surface area contributed by atoms with Crippen molar-refractivity contribution in [2.24, 2.45) is 0 Å². The molecule has 2 nitrogen and oxygen atoms in total. The first-order chi connectivity index (χ1) is 13.9. The topological polar surface area (TPSA) is 24.9 Å². The number of rotatable bonds is 4. The molecule has 145 valence electrons. The monoisotopic (exact) mass is 395 g/mol. The van der Waals surface area contributed by atoms with E-state index in [2.05, 4.69) is 16.4 Å². The molecule has 0 spiro atoms. The second-order valence-corrected chi connectivity index (χ2v) is 6.54. The predicted octanol–water partition coefficient (Wildman–Crippen LogP) is 6.47. The highest BCUT2D eigenvalue weighted by molar-refractivity contribution is 5.96. The molecule has 29 heavy (non-hydrogen) atoms. The van der Waals surface area contributed by atoms with Crippen LogP contribution in [0.4, 0.5) is 23.2 Å². The van der Waals surface area contributed by atoms with Crippen LogP contribution in [0.15, 0.2) is 72.9 Å². The van der Waals surface area contributed by atoms with Gasteiger partial charge in [-0.25, -0.2) is 4.39 Å². The maximum absolute atomic E-state index is 13.3. The van der Waals surface area contributed by atoms with Crippen molar-refractivity contribution in [3.63, 3.8) is 0 Å². The number of anilines is 1. The first-order valence-corrected chi connectivity index (χ1v) is 8.87. The van der Waals surface area contributed by atoms with Gasteiger partial charge in [-0.3, -0.25) is 4.98 Å². The molecule has 1 radical (unpaired) electrons. The summed E-state index contributed by atoms with van der Waals surface area (Å²) >= 11 is 0. The third-order valence-corrected chi connectivity index (χ3v) is 4.55. The lowest BCUT2D eigenvalue weighted by molar-refractivity contribution is -0.136. The van der Waals surface area contributed by atoms with E-state index in [9.17, 15) is 17.6 Å². The SMILES string of the molecule is Fc1cccc(CNc2cccc(-c3[c]cnc4c(C(F)(F)F)cccc34)c2)c1. The van der Waals surface area contributed by atoms with Gasteiger partial charge in [0.25, 0.3) is 0 Å². The molecule has 4 aromatic rings. The Labute approximate surface area is 164 Å². The van der Waals surface area contributed by atoms with Crippen LogP contribution in [0, 0.1) is 11.9 Å².